The Morgan fingerprint density at radius 2 is 2.09 bits per heavy atom. The molecular formula is C7H8NO3-. The van der Waals surface area contributed by atoms with Crippen LogP contribution in [-0.4, -0.2) is 17.4 Å². The summed E-state index contributed by atoms with van der Waals surface area (Å²) in [6.07, 6.45) is 0. The van der Waals surface area contributed by atoms with E-state index < -0.39 is 5.75 Å². The Balaban J connectivity index is 3.21. The van der Waals surface area contributed by atoms with E-state index in [1.807, 2.05) is 0 Å². The molecule has 0 bridgehead atoms. The highest BCUT2D eigenvalue weighted by Gasteiger charge is 2.03. The lowest BCUT2D eigenvalue weighted by Crippen LogP contribution is -2.12. The second kappa shape index (κ2) is 2.67. The van der Waals surface area contributed by atoms with Crippen molar-refractivity contribution in [2.45, 2.75) is 0 Å². The maximum Gasteiger partial charge on any atom is 0.140 e. The average molecular weight is 154 g/mol. The zero-order valence-electron chi connectivity index (χ0n) is 5.98. The number of hydrogen-bond donors (Lipinski definition) is 2. The van der Waals surface area contributed by atoms with Gasteiger partial charge in [0.15, 0.2) is 0 Å². The zero-order valence-corrected chi connectivity index (χ0v) is 5.98. The second-order valence-electron chi connectivity index (χ2n) is 2.15. The third-order valence-corrected chi connectivity index (χ3v) is 1.30. The average Bonchev–Trinajstić information content (AvgIpc) is 1.85. The Kier molecular flexibility index (Phi) is 1.87. The lowest BCUT2D eigenvalue weighted by Gasteiger charge is -2.19. The van der Waals surface area contributed by atoms with Crippen molar-refractivity contribution in [3.63, 3.8) is 0 Å². The van der Waals surface area contributed by atoms with E-state index in [1.165, 1.54) is 25.2 Å². The molecule has 4 heteroatoms. The van der Waals surface area contributed by atoms with Gasteiger partial charge in [-0.15, -0.1) is 0 Å². The summed E-state index contributed by atoms with van der Waals surface area (Å²) in [4.78, 5) is 0. The molecule has 0 radical (unpaired) electrons. The fourth-order valence-electron chi connectivity index (χ4n) is 0.836. The van der Waals surface area contributed by atoms with Crippen molar-refractivity contribution in [3.8, 4) is 11.5 Å². The molecule has 0 fully saturated rings. The van der Waals surface area contributed by atoms with Crippen LogP contribution in [0, 0.1) is 0 Å². The van der Waals surface area contributed by atoms with Gasteiger partial charge in [-0.3, -0.25) is 10.3 Å². The van der Waals surface area contributed by atoms with E-state index in [1.54, 1.807) is 0 Å². The fourth-order valence-corrected chi connectivity index (χ4v) is 0.836. The third-order valence-electron chi connectivity index (χ3n) is 1.30. The van der Waals surface area contributed by atoms with Gasteiger partial charge in [-0.1, -0.05) is 17.9 Å². The summed E-state index contributed by atoms with van der Waals surface area (Å²) >= 11 is 0. The van der Waals surface area contributed by atoms with Gasteiger partial charge in [0.05, 0.1) is 5.69 Å². The van der Waals surface area contributed by atoms with Crippen LogP contribution in [0.15, 0.2) is 18.2 Å². The minimum Gasteiger partial charge on any atom is -0.871 e. The van der Waals surface area contributed by atoms with Crippen LogP contribution in [0.5, 0.6) is 11.5 Å². The van der Waals surface area contributed by atoms with Crippen LogP contribution in [0.3, 0.4) is 0 Å². The molecule has 0 aliphatic carbocycles. The van der Waals surface area contributed by atoms with E-state index in [-0.39, 0.29) is 11.4 Å². The van der Waals surface area contributed by atoms with Crippen LogP contribution in [0.4, 0.5) is 5.69 Å². The monoisotopic (exact) mass is 154 g/mol. The Hall–Kier alpha value is -1.42. The van der Waals surface area contributed by atoms with E-state index in [9.17, 15) is 5.11 Å². The maximum absolute atomic E-state index is 10.9. The van der Waals surface area contributed by atoms with Crippen molar-refractivity contribution in [1.29, 1.82) is 0 Å². The summed E-state index contributed by atoms with van der Waals surface area (Å²) < 4.78 is 0. The molecule has 0 amide bonds. The molecule has 0 aromatic heterocycles. The molecule has 1 aromatic rings. The third kappa shape index (κ3) is 1.35. The van der Waals surface area contributed by atoms with E-state index in [2.05, 4.69) is 0 Å². The van der Waals surface area contributed by atoms with Gasteiger partial charge in [0, 0.05) is 7.05 Å². The van der Waals surface area contributed by atoms with Crippen molar-refractivity contribution >= 4 is 5.69 Å². The van der Waals surface area contributed by atoms with Crippen LogP contribution in [0.25, 0.3) is 0 Å². The number of hydrogen-bond acceptors (Lipinski definition) is 4. The van der Waals surface area contributed by atoms with E-state index in [0.29, 0.717) is 5.06 Å². The second-order valence-corrected chi connectivity index (χ2v) is 2.15. The maximum atomic E-state index is 10.9. The lowest BCUT2D eigenvalue weighted by molar-refractivity contribution is -0.267. The van der Waals surface area contributed by atoms with E-state index >= 15 is 0 Å². The highest BCUT2D eigenvalue weighted by Crippen LogP contribution is 2.32. The molecule has 4 nitrogen and oxygen atoms in total. The normalized spacial score (nSPS) is 9.64. The van der Waals surface area contributed by atoms with Crippen molar-refractivity contribution in [1.82, 2.24) is 0 Å². The van der Waals surface area contributed by atoms with Crippen LogP contribution in [0.2, 0.25) is 0 Å². The van der Waals surface area contributed by atoms with Crippen LogP contribution in [-0.2, 0) is 0 Å². The van der Waals surface area contributed by atoms with Gasteiger partial charge in [0.25, 0.3) is 0 Å². The molecular weight excluding hydrogens is 146 g/mol. The summed E-state index contributed by atoms with van der Waals surface area (Å²) in [6.45, 7) is 0. The summed E-state index contributed by atoms with van der Waals surface area (Å²) in [7, 11) is 1.27. The van der Waals surface area contributed by atoms with Crippen LogP contribution < -0.4 is 10.2 Å². The SMILES string of the molecule is CN(O)c1c([O-])cccc1O. The fraction of sp³-hybridized carbons (Fsp3) is 0.143. The number of phenols is 1. The number of benzene rings is 1. The van der Waals surface area contributed by atoms with Gasteiger partial charge in [0.1, 0.15) is 5.75 Å². The Morgan fingerprint density at radius 1 is 1.45 bits per heavy atom. The molecule has 1 rings (SSSR count). The summed E-state index contributed by atoms with van der Waals surface area (Å²) in [5, 5.41) is 29.4. The standard InChI is InChI=1S/C7H9NO3/c1-8(11)7-5(9)3-2-4-6(7)10/h2-4,9-11H,1H3/p-1. The topological polar surface area (TPSA) is 66.8 Å². The van der Waals surface area contributed by atoms with Crippen molar-refractivity contribution < 1.29 is 15.4 Å². The summed E-state index contributed by atoms with van der Waals surface area (Å²) in [6, 6.07) is 4.02. The molecule has 2 N–H and O–H groups in total. The quantitative estimate of drug-likeness (QED) is 0.570. The number of para-hydroxylation sites is 1. The molecule has 11 heavy (non-hydrogen) atoms. The number of aromatic hydroxyl groups is 1. The number of hydroxylamine groups is 1. The number of rotatable bonds is 1. The first-order chi connectivity index (χ1) is 5.13. The molecule has 0 aliphatic rings. The summed E-state index contributed by atoms with van der Waals surface area (Å²) in [5.41, 5.74) is -0.104. The molecule has 60 valence electrons. The van der Waals surface area contributed by atoms with Gasteiger partial charge in [-0.2, -0.15) is 0 Å². The Bertz CT molecular complexity index is 240. The van der Waals surface area contributed by atoms with Gasteiger partial charge >= 0.3 is 0 Å². The first-order valence-electron chi connectivity index (χ1n) is 3.04. The molecule has 0 heterocycles. The van der Waals surface area contributed by atoms with E-state index in [0.717, 1.165) is 0 Å². The largest absolute Gasteiger partial charge is 0.871 e. The molecule has 0 atom stereocenters. The van der Waals surface area contributed by atoms with Gasteiger partial charge in [-0.05, 0) is 6.07 Å². The summed E-state index contributed by atoms with van der Waals surface area (Å²) in [5.74, 6) is -0.627. The van der Waals surface area contributed by atoms with Crippen molar-refractivity contribution in [2.24, 2.45) is 0 Å². The van der Waals surface area contributed by atoms with Gasteiger partial charge in [0.2, 0.25) is 0 Å². The van der Waals surface area contributed by atoms with Crippen molar-refractivity contribution in [2.75, 3.05) is 12.1 Å². The van der Waals surface area contributed by atoms with Crippen LogP contribution >= 0.6 is 0 Å². The van der Waals surface area contributed by atoms with E-state index in [4.69, 9.17) is 10.3 Å². The number of phenolic OH excluding ortho intramolecular Hbond substituents is 1. The molecule has 0 aliphatic heterocycles. The predicted octanol–water partition coefficient (Wildman–Crippen LogP) is 0.291. The number of anilines is 1. The first-order valence-corrected chi connectivity index (χ1v) is 3.04. The molecule has 0 saturated carbocycles. The molecule has 0 spiro atoms. The smallest absolute Gasteiger partial charge is 0.140 e. The molecule has 1 aromatic carbocycles. The predicted molar refractivity (Wildman–Crippen MR) is 37.7 cm³/mol. The van der Waals surface area contributed by atoms with Crippen molar-refractivity contribution in [3.05, 3.63) is 18.2 Å². The zero-order chi connectivity index (χ0) is 8.43. The highest BCUT2D eigenvalue weighted by molar-refractivity contribution is 5.63. The van der Waals surface area contributed by atoms with Gasteiger partial charge in [-0.25, -0.2) is 0 Å². The van der Waals surface area contributed by atoms with Crippen LogP contribution in [0.1, 0.15) is 0 Å². The number of nitrogens with zero attached hydrogens (tertiary/aromatic N) is 1. The lowest BCUT2D eigenvalue weighted by atomic mass is 10.2. The minimum absolute atomic E-state index is 0.104. The minimum atomic E-state index is -0.407. The Morgan fingerprint density at radius 3 is 2.45 bits per heavy atom. The molecule has 0 unspecified atom stereocenters. The highest BCUT2D eigenvalue weighted by atomic mass is 16.5. The van der Waals surface area contributed by atoms with Gasteiger partial charge < -0.3 is 10.2 Å². The Labute approximate surface area is 63.9 Å². The first kappa shape index (κ1) is 7.68. The molecule has 0 saturated heterocycles.